The largest absolute Gasteiger partial charge is 0.181 e. The highest BCUT2D eigenvalue weighted by Gasteiger charge is 2.11. The topological polar surface area (TPSA) is 363 Å². The Morgan fingerprint density at radius 3 is 1.05 bits per heavy atom. The molecule has 0 bridgehead atoms. The van der Waals surface area contributed by atoms with Gasteiger partial charge in [-0.3, -0.25) is 0 Å². The number of rotatable bonds is 0. The molecule has 0 aliphatic rings. The molecule has 18 heteroatoms. The van der Waals surface area contributed by atoms with Crippen LogP contribution in [0.2, 0.25) is 0 Å². The van der Waals surface area contributed by atoms with Crippen molar-refractivity contribution in [3.05, 3.63) is 36.5 Å². The fraction of sp³-hybridized carbons (Fsp3) is 0. The molecule has 0 saturated carbocycles. The summed E-state index contributed by atoms with van der Waals surface area (Å²) in [4.78, 5) is 0. The van der Waals surface area contributed by atoms with Crippen molar-refractivity contribution in [1.82, 2.24) is 30.8 Å². The molecule has 0 radical (unpaired) electrons. The summed E-state index contributed by atoms with van der Waals surface area (Å²) in [5.74, 6) is 0. The van der Waals surface area contributed by atoms with Crippen molar-refractivity contribution in [2.45, 2.75) is 0 Å². The van der Waals surface area contributed by atoms with Crippen molar-refractivity contribution < 1.29 is 0 Å². The highest BCUT2D eigenvalue weighted by molar-refractivity contribution is 6.21. The van der Waals surface area contributed by atoms with Gasteiger partial charge in [0.2, 0.25) is 0 Å². The van der Waals surface area contributed by atoms with Crippen LogP contribution >= 0.6 is 0 Å². The van der Waals surface area contributed by atoms with Crippen LogP contribution in [0.5, 0.6) is 0 Å². The van der Waals surface area contributed by atoms with Gasteiger partial charge in [-0.1, -0.05) is 24.3 Å². The standard InChI is InChI=1S/C12H6N6.6C2N2/c1-2-4-8-7(3-1)9-5-6-13-14-10(9)12-11(8)15-17-18-16-12;6*3-1-2-4/h1-6H;;;;;;. The van der Waals surface area contributed by atoms with Crippen molar-refractivity contribution in [3.63, 3.8) is 0 Å². The first-order valence-corrected chi connectivity index (χ1v) is 9.61. The zero-order valence-corrected chi connectivity index (χ0v) is 20.5. The first kappa shape index (κ1) is 37.7. The highest BCUT2D eigenvalue weighted by atomic mass is 15.4. The average Bonchev–Trinajstić information content (AvgIpc) is 3.09. The van der Waals surface area contributed by atoms with E-state index in [-0.39, 0.29) is 0 Å². The summed E-state index contributed by atoms with van der Waals surface area (Å²) in [6, 6.07) is 24.7. The lowest BCUT2D eigenvalue weighted by Crippen LogP contribution is -1.96. The van der Waals surface area contributed by atoms with Gasteiger partial charge in [0.25, 0.3) is 0 Å². The normalized spacial score (nSPS) is 6.29. The van der Waals surface area contributed by atoms with Crippen molar-refractivity contribution in [3.8, 4) is 72.8 Å². The van der Waals surface area contributed by atoms with Gasteiger partial charge in [-0.2, -0.15) is 68.2 Å². The maximum Gasteiger partial charge on any atom is 0.181 e. The van der Waals surface area contributed by atoms with Crippen LogP contribution in [-0.4, -0.2) is 30.8 Å². The Bertz CT molecular complexity index is 1500. The van der Waals surface area contributed by atoms with Crippen molar-refractivity contribution in [2.75, 3.05) is 0 Å². The minimum Gasteiger partial charge on any atom is -0.181 e. The number of benzene rings is 2. The number of hydrogen-bond donors (Lipinski definition) is 0. The molecule has 0 unspecified atom stereocenters. The third kappa shape index (κ3) is 15.9. The Labute approximate surface area is 236 Å². The molecule has 42 heavy (non-hydrogen) atoms. The van der Waals surface area contributed by atoms with E-state index in [4.69, 9.17) is 63.1 Å². The molecular weight excluding hydrogens is 540 g/mol. The van der Waals surface area contributed by atoms with E-state index >= 15 is 0 Å². The molecule has 0 aliphatic heterocycles. The Morgan fingerprint density at radius 1 is 0.357 bits per heavy atom. The third-order valence-corrected chi connectivity index (χ3v) is 3.27. The molecule has 0 amide bonds. The number of fused-ring (bicyclic) bond motifs is 6. The Morgan fingerprint density at radius 2 is 0.667 bits per heavy atom. The molecule has 0 spiro atoms. The summed E-state index contributed by atoms with van der Waals surface area (Å²) in [5.41, 5.74) is 2.04. The lowest BCUT2D eigenvalue weighted by atomic mass is 10.0. The fourth-order valence-corrected chi connectivity index (χ4v) is 2.21. The molecule has 18 nitrogen and oxygen atoms in total. The zero-order chi connectivity index (χ0) is 32.4. The molecule has 192 valence electrons. The Hall–Kier alpha value is -8.88. The second-order valence-electron chi connectivity index (χ2n) is 5.26. The monoisotopic (exact) mass is 546 g/mol. The van der Waals surface area contributed by atoms with Crippen LogP contribution in [0.1, 0.15) is 0 Å². The maximum absolute atomic E-state index is 7.26. The molecule has 0 fully saturated rings. The Kier molecular flexibility index (Phi) is 25.4. The van der Waals surface area contributed by atoms with Gasteiger partial charge in [-0.15, -0.1) is 15.3 Å². The average molecular weight is 546 g/mol. The van der Waals surface area contributed by atoms with Gasteiger partial charge < -0.3 is 0 Å². The summed E-state index contributed by atoms with van der Waals surface area (Å²) in [7, 11) is 0. The van der Waals surface area contributed by atoms with E-state index in [0.29, 0.717) is 16.6 Å². The first-order valence-electron chi connectivity index (χ1n) is 9.61. The predicted molar refractivity (Wildman–Crippen MR) is 133 cm³/mol. The number of hydrogen-bond acceptors (Lipinski definition) is 18. The fourth-order valence-electron chi connectivity index (χ4n) is 2.21. The SMILES string of the molecule is N#CC#N.N#CC#N.N#CC#N.N#CC#N.N#CC#N.N#CC#N.c1ccc2c(c1)c1ccnnc1c1nnnnc21. The van der Waals surface area contributed by atoms with Gasteiger partial charge in [0.15, 0.2) is 72.8 Å². The molecule has 2 aromatic carbocycles. The second kappa shape index (κ2) is 28.4. The minimum absolute atomic E-state index is 0.631. The van der Waals surface area contributed by atoms with E-state index < -0.39 is 0 Å². The smallest absolute Gasteiger partial charge is 0.181 e. The number of nitriles is 12. The molecule has 4 aromatic rings. The quantitative estimate of drug-likeness (QED) is 0.283. The summed E-state index contributed by atoms with van der Waals surface area (Å²) >= 11 is 0. The van der Waals surface area contributed by atoms with Gasteiger partial charge in [-0.25, -0.2) is 0 Å². The molecule has 4 rings (SSSR count). The van der Waals surface area contributed by atoms with E-state index in [0.717, 1.165) is 16.2 Å². The maximum atomic E-state index is 7.26. The molecule has 2 heterocycles. The van der Waals surface area contributed by atoms with Gasteiger partial charge in [0, 0.05) is 10.8 Å². The van der Waals surface area contributed by atoms with E-state index in [1.165, 1.54) is 72.8 Å². The molecule has 0 N–H and O–H groups in total. The van der Waals surface area contributed by atoms with Crippen LogP contribution < -0.4 is 0 Å². The summed E-state index contributed by atoms with van der Waals surface area (Å²) < 4.78 is 0. The first-order chi connectivity index (χ1) is 20.4. The summed E-state index contributed by atoms with van der Waals surface area (Å²) in [6.07, 6.45) is 1.67. The summed E-state index contributed by atoms with van der Waals surface area (Å²) in [6.45, 7) is 0. The van der Waals surface area contributed by atoms with E-state index in [1.54, 1.807) is 6.20 Å². The molecular formula is C24H6N18. The predicted octanol–water partition coefficient (Wildman–Crippen LogP) is 1.72. The minimum atomic E-state index is 0.631. The van der Waals surface area contributed by atoms with E-state index in [1.807, 2.05) is 30.3 Å². The highest BCUT2D eigenvalue weighted by Crippen LogP contribution is 2.30. The second-order valence-corrected chi connectivity index (χ2v) is 5.26. The number of nitrogens with zero attached hydrogens (tertiary/aromatic N) is 18. The lowest BCUT2D eigenvalue weighted by Gasteiger charge is -2.04. The van der Waals surface area contributed by atoms with Crippen LogP contribution in [0.25, 0.3) is 32.7 Å². The summed E-state index contributed by atoms with van der Waals surface area (Å²) in [5, 5.41) is 114. The lowest BCUT2D eigenvalue weighted by molar-refractivity contribution is 0.799. The third-order valence-electron chi connectivity index (χ3n) is 3.27. The van der Waals surface area contributed by atoms with Gasteiger partial charge in [0.1, 0.15) is 16.6 Å². The van der Waals surface area contributed by atoms with Crippen molar-refractivity contribution in [2.24, 2.45) is 0 Å². The molecule has 2 aromatic heterocycles. The van der Waals surface area contributed by atoms with Crippen molar-refractivity contribution in [1.29, 1.82) is 63.1 Å². The zero-order valence-electron chi connectivity index (χ0n) is 20.5. The molecule has 0 saturated heterocycles. The van der Waals surface area contributed by atoms with Crippen LogP contribution in [0, 0.1) is 136 Å². The van der Waals surface area contributed by atoms with E-state index in [2.05, 4.69) is 30.8 Å². The Balaban J connectivity index is -0.000000526. The van der Waals surface area contributed by atoms with Crippen LogP contribution in [-0.2, 0) is 0 Å². The molecule has 0 atom stereocenters. The van der Waals surface area contributed by atoms with Crippen LogP contribution in [0.3, 0.4) is 0 Å². The van der Waals surface area contributed by atoms with Gasteiger partial charge in [-0.05, 0) is 21.9 Å². The van der Waals surface area contributed by atoms with Gasteiger partial charge in [0.05, 0.1) is 6.20 Å². The van der Waals surface area contributed by atoms with Crippen molar-refractivity contribution >= 4 is 32.7 Å². The van der Waals surface area contributed by atoms with E-state index in [9.17, 15) is 0 Å². The number of aromatic nitrogens is 6. The van der Waals surface area contributed by atoms with Gasteiger partial charge >= 0.3 is 0 Å². The molecule has 0 aliphatic carbocycles. The van der Waals surface area contributed by atoms with Crippen LogP contribution in [0.15, 0.2) is 36.5 Å². The van der Waals surface area contributed by atoms with Crippen LogP contribution in [0.4, 0.5) is 0 Å².